The summed E-state index contributed by atoms with van der Waals surface area (Å²) in [6.07, 6.45) is 9.69. The lowest BCUT2D eigenvalue weighted by Crippen LogP contribution is -2.33. The van der Waals surface area contributed by atoms with Gasteiger partial charge in [-0.15, -0.1) is 0 Å². The van der Waals surface area contributed by atoms with Gasteiger partial charge in [-0.3, -0.25) is 0 Å². The zero-order valence-corrected chi connectivity index (χ0v) is 18.2. The van der Waals surface area contributed by atoms with Crippen molar-refractivity contribution in [2.45, 2.75) is 65.7 Å². The van der Waals surface area contributed by atoms with Gasteiger partial charge in [-0.2, -0.15) is 0 Å². The summed E-state index contributed by atoms with van der Waals surface area (Å²) in [5, 5.41) is 4.54. The van der Waals surface area contributed by atoms with Gasteiger partial charge < -0.3 is 14.3 Å². The Morgan fingerprint density at radius 2 is 1.87 bits per heavy atom. The first-order valence-corrected chi connectivity index (χ1v) is 11.3. The van der Waals surface area contributed by atoms with Crippen molar-refractivity contribution in [2.24, 2.45) is 27.8 Å². The van der Waals surface area contributed by atoms with Crippen LogP contribution in [0.15, 0.2) is 28.9 Å². The van der Waals surface area contributed by atoms with Crippen molar-refractivity contribution in [3.8, 4) is 11.5 Å². The van der Waals surface area contributed by atoms with E-state index in [2.05, 4.69) is 32.0 Å². The van der Waals surface area contributed by atoms with Crippen LogP contribution < -0.4 is 9.47 Å². The number of oxime groups is 1. The predicted molar refractivity (Wildman–Crippen MR) is 115 cm³/mol. The molecule has 3 saturated carbocycles. The van der Waals surface area contributed by atoms with Crippen LogP contribution in [0.5, 0.6) is 11.5 Å². The Hall–Kier alpha value is -2.30. The highest BCUT2D eigenvalue weighted by Gasteiger charge is 2.63. The molecule has 2 bridgehead atoms. The second-order valence-corrected chi connectivity index (χ2v) is 10.0. The molecule has 0 aromatic heterocycles. The summed E-state index contributed by atoms with van der Waals surface area (Å²) in [7, 11) is 0. The number of ether oxygens (including phenoxy) is 2. The van der Waals surface area contributed by atoms with Gasteiger partial charge in [0.25, 0.3) is 0 Å². The first-order valence-electron chi connectivity index (χ1n) is 11.3. The van der Waals surface area contributed by atoms with Gasteiger partial charge >= 0.3 is 5.97 Å². The average molecular weight is 410 g/mol. The average Bonchev–Trinajstić information content (AvgIpc) is 3.34. The minimum Gasteiger partial charge on any atom is -0.454 e. The number of hydrogen-bond donors (Lipinski definition) is 0. The van der Waals surface area contributed by atoms with Crippen LogP contribution in [-0.4, -0.2) is 18.5 Å². The van der Waals surface area contributed by atoms with Crippen molar-refractivity contribution in [2.75, 3.05) is 6.79 Å². The molecule has 5 nitrogen and oxygen atoms in total. The fourth-order valence-electron chi connectivity index (χ4n) is 5.96. The van der Waals surface area contributed by atoms with E-state index in [0.717, 1.165) is 61.3 Å². The fourth-order valence-corrected chi connectivity index (χ4v) is 5.96. The van der Waals surface area contributed by atoms with E-state index in [1.54, 1.807) is 0 Å². The lowest BCUT2D eigenvalue weighted by atomic mass is 9.70. The summed E-state index contributed by atoms with van der Waals surface area (Å²) in [4.78, 5) is 18.2. The van der Waals surface area contributed by atoms with E-state index in [9.17, 15) is 4.79 Å². The molecule has 0 radical (unpaired) electrons. The van der Waals surface area contributed by atoms with Crippen molar-refractivity contribution in [1.82, 2.24) is 0 Å². The minimum absolute atomic E-state index is 0.00351. The molecule has 2 atom stereocenters. The van der Waals surface area contributed by atoms with Gasteiger partial charge in [-0.25, -0.2) is 4.79 Å². The van der Waals surface area contributed by atoms with Crippen LogP contribution in [-0.2, 0) is 9.63 Å². The topological polar surface area (TPSA) is 57.1 Å². The smallest absolute Gasteiger partial charge is 0.338 e. The molecule has 0 N–H and O–H groups in total. The molecule has 0 saturated heterocycles. The van der Waals surface area contributed by atoms with Gasteiger partial charge in [0, 0.05) is 5.41 Å². The molecule has 30 heavy (non-hydrogen) atoms. The molecule has 1 aromatic carbocycles. The molecule has 0 spiro atoms. The first kappa shape index (κ1) is 19.7. The number of carbonyl (C=O) groups is 1. The van der Waals surface area contributed by atoms with Gasteiger partial charge in [0.05, 0.1) is 11.6 Å². The molecule has 0 amide bonds. The van der Waals surface area contributed by atoms with Crippen LogP contribution in [0.25, 0.3) is 6.08 Å². The van der Waals surface area contributed by atoms with Crippen LogP contribution in [0, 0.1) is 22.7 Å². The molecule has 1 aliphatic heterocycles. The van der Waals surface area contributed by atoms with Crippen molar-refractivity contribution >= 4 is 17.8 Å². The zero-order chi connectivity index (χ0) is 20.9. The van der Waals surface area contributed by atoms with Crippen LogP contribution in [0.3, 0.4) is 0 Å². The number of benzene rings is 1. The zero-order valence-electron chi connectivity index (χ0n) is 18.2. The van der Waals surface area contributed by atoms with Gasteiger partial charge in [0.2, 0.25) is 6.79 Å². The van der Waals surface area contributed by atoms with Crippen molar-refractivity contribution in [3.05, 3.63) is 29.3 Å². The van der Waals surface area contributed by atoms with Crippen LogP contribution >= 0.6 is 0 Å². The summed E-state index contributed by atoms with van der Waals surface area (Å²) in [5.74, 6) is 1.81. The molecule has 2 unspecified atom stereocenters. The quantitative estimate of drug-likeness (QED) is 0.472. The maximum atomic E-state index is 12.6. The minimum atomic E-state index is -0.159. The molecular weight excluding hydrogens is 378 g/mol. The fraction of sp³-hybridized carbons (Fsp3) is 0.600. The van der Waals surface area contributed by atoms with Gasteiger partial charge in [-0.1, -0.05) is 51.3 Å². The molecule has 1 heterocycles. The number of nitrogens with zero attached hydrogens (tertiary/aromatic N) is 1. The summed E-state index contributed by atoms with van der Waals surface area (Å²) in [6.45, 7) is 7.20. The molecule has 5 rings (SSSR count). The number of carbonyl (C=O) groups excluding carboxylic acids is 1. The molecule has 3 fully saturated rings. The largest absolute Gasteiger partial charge is 0.454 e. The van der Waals surface area contributed by atoms with Crippen molar-refractivity contribution in [3.63, 3.8) is 0 Å². The van der Waals surface area contributed by atoms with E-state index >= 15 is 0 Å². The lowest BCUT2D eigenvalue weighted by Gasteiger charge is -2.33. The summed E-state index contributed by atoms with van der Waals surface area (Å²) < 4.78 is 11.0. The molecule has 5 heteroatoms. The maximum Gasteiger partial charge on any atom is 0.338 e. The van der Waals surface area contributed by atoms with Crippen LogP contribution in [0.1, 0.15) is 71.3 Å². The molecule has 3 aliphatic carbocycles. The van der Waals surface area contributed by atoms with E-state index in [0.29, 0.717) is 5.92 Å². The van der Waals surface area contributed by atoms with E-state index < -0.39 is 0 Å². The molecule has 4 aliphatic rings. The summed E-state index contributed by atoms with van der Waals surface area (Å²) >= 11 is 0. The van der Waals surface area contributed by atoms with E-state index in [1.165, 1.54) is 12.0 Å². The van der Waals surface area contributed by atoms with E-state index in [-0.39, 0.29) is 29.5 Å². The Morgan fingerprint density at radius 3 is 2.67 bits per heavy atom. The van der Waals surface area contributed by atoms with Crippen molar-refractivity contribution in [1.29, 1.82) is 0 Å². The second kappa shape index (κ2) is 7.14. The maximum absolute atomic E-state index is 12.6. The Kier molecular flexibility index (Phi) is 4.68. The third-order valence-corrected chi connectivity index (χ3v) is 8.28. The Morgan fingerprint density at radius 1 is 1.10 bits per heavy atom. The normalized spacial score (nSPS) is 32.2. The molecular formula is C25H31NO4. The number of rotatable bonds is 3. The third-order valence-electron chi connectivity index (χ3n) is 8.28. The highest BCUT2D eigenvalue weighted by molar-refractivity contribution is 6.11. The number of allylic oxidation sites excluding steroid dienone is 1. The van der Waals surface area contributed by atoms with Crippen LogP contribution in [0.4, 0.5) is 0 Å². The highest BCUT2D eigenvalue weighted by Crippen LogP contribution is 2.66. The predicted octanol–water partition coefficient (Wildman–Crippen LogP) is 5.73. The second-order valence-electron chi connectivity index (χ2n) is 10.0. The SMILES string of the molecule is CC12CCC(C(=Cc3ccc4c(c3)OCO4)C1=NOC(=O)C1CCCCC1)C2(C)C. The third kappa shape index (κ3) is 2.97. The Balaban J connectivity index is 1.47. The number of fused-ring (bicyclic) bond motifs is 3. The Labute approximate surface area is 178 Å². The van der Waals surface area contributed by atoms with E-state index in [4.69, 9.17) is 14.3 Å². The molecule has 160 valence electrons. The standard InChI is InChI=1S/C25H31NO4/c1-24(2)19-11-12-25(24,3)22(26-30-23(27)17-7-5-4-6-8-17)18(19)13-16-9-10-20-21(14-16)29-15-28-20/h9-10,13-14,17,19H,4-8,11-12,15H2,1-3H3. The van der Waals surface area contributed by atoms with Crippen molar-refractivity contribution < 1.29 is 19.1 Å². The van der Waals surface area contributed by atoms with Gasteiger partial charge in [-0.05, 0) is 66.4 Å². The lowest BCUT2D eigenvalue weighted by molar-refractivity contribution is -0.149. The Bertz CT molecular complexity index is 925. The van der Waals surface area contributed by atoms with E-state index in [1.807, 2.05) is 18.2 Å². The number of hydrogen-bond acceptors (Lipinski definition) is 5. The van der Waals surface area contributed by atoms with Gasteiger partial charge in [0.15, 0.2) is 11.5 Å². The highest BCUT2D eigenvalue weighted by atomic mass is 16.7. The van der Waals surface area contributed by atoms with Gasteiger partial charge in [0.1, 0.15) is 0 Å². The summed E-state index contributed by atoms with van der Waals surface area (Å²) in [6, 6.07) is 6.02. The monoisotopic (exact) mass is 409 g/mol. The first-order chi connectivity index (χ1) is 14.4. The van der Waals surface area contributed by atoms with Crippen LogP contribution in [0.2, 0.25) is 0 Å². The molecule has 1 aromatic rings. The summed E-state index contributed by atoms with van der Waals surface area (Å²) in [5.41, 5.74) is 3.19.